The van der Waals surface area contributed by atoms with Crippen molar-refractivity contribution in [2.45, 2.75) is 12.1 Å². The molecule has 1 atom stereocenters. The van der Waals surface area contributed by atoms with Crippen LogP contribution in [0.4, 0.5) is 13.2 Å². The summed E-state index contributed by atoms with van der Waals surface area (Å²) in [7, 11) is 0. The Bertz CT molecular complexity index is 650. The lowest BCUT2D eigenvalue weighted by Gasteiger charge is -2.12. The van der Waals surface area contributed by atoms with Gasteiger partial charge in [0, 0.05) is 12.4 Å². The average molecular weight is 298 g/mol. The third-order valence-electron chi connectivity index (χ3n) is 2.58. The molecule has 0 aliphatic heterocycles. The number of hydrogen-bond acceptors (Lipinski definition) is 3. The summed E-state index contributed by atoms with van der Waals surface area (Å²) in [5.74, 6) is -0.911. The van der Waals surface area contributed by atoms with Crippen molar-refractivity contribution < 1.29 is 13.2 Å². The SMILES string of the molecule is N#C[C@@H](c1ccccn1)c1ncc(C(F)(F)F)cc1Cl. The van der Waals surface area contributed by atoms with E-state index in [0.29, 0.717) is 11.9 Å². The Morgan fingerprint density at radius 1 is 1.25 bits per heavy atom. The van der Waals surface area contributed by atoms with Crippen LogP contribution >= 0.6 is 11.6 Å². The number of aromatic nitrogens is 2. The number of hydrogen-bond donors (Lipinski definition) is 0. The van der Waals surface area contributed by atoms with E-state index in [1.54, 1.807) is 18.2 Å². The molecule has 2 aromatic heterocycles. The highest BCUT2D eigenvalue weighted by Gasteiger charge is 2.32. The fourth-order valence-corrected chi connectivity index (χ4v) is 1.91. The van der Waals surface area contributed by atoms with Gasteiger partial charge in [0.25, 0.3) is 0 Å². The van der Waals surface area contributed by atoms with Crippen molar-refractivity contribution in [3.63, 3.8) is 0 Å². The van der Waals surface area contributed by atoms with Gasteiger partial charge in [-0.15, -0.1) is 0 Å². The zero-order valence-electron chi connectivity index (χ0n) is 9.89. The zero-order valence-corrected chi connectivity index (χ0v) is 10.7. The van der Waals surface area contributed by atoms with Gasteiger partial charge < -0.3 is 0 Å². The topological polar surface area (TPSA) is 49.6 Å². The van der Waals surface area contributed by atoms with Crippen LogP contribution in [0.15, 0.2) is 36.7 Å². The molecule has 0 aromatic carbocycles. The number of rotatable bonds is 2. The molecule has 2 rings (SSSR count). The Morgan fingerprint density at radius 2 is 2.00 bits per heavy atom. The van der Waals surface area contributed by atoms with E-state index in [-0.39, 0.29) is 10.7 Å². The monoisotopic (exact) mass is 297 g/mol. The maximum atomic E-state index is 12.5. The molecule has 0 fully saturated rings. The number of nitrogens with zero attached hydrogens (tertiary/aromatic N) is 3. The van der Waals surface area contributed by atoms with E-state index in [1.807, 2.05) is 6.07 Å². The fourth-order valence-electron chi connectivity index (χ4n) is 1.63. The van der Waals surface area contributed by atoms with E-state index < -0.39 is 17.7 Å². The van der Waals surface area contributed by atoms with Gasteiger partial charge in [-0.05, 0) is 18.2 Å². The average Bonchev–Trinajstić information content (AvgIpc) is 2.41. The summed E-state index contributed by atoms with van der Waals surface area (Å²) in [6, 6.07) is 7.63. The first kappa shape index (κ1) is 14.3. The summed E-state index contributed by atoms with van der Waals surface area (Å²) in [5, 5.41) is 8.96. The Kier molecular flexibility index (Phi) is 3.91. The number of alkyl halides is 3. The molecule has 0 saturated heterocycles. The molecular weight excluding hydrogens is 291 g/mol. The third-order valence-corrected chi connectivity index (χ3v) is 2.89. The van der Waals surface area contributed by atoms with Crippen LogP contribution in [0, 0.1) is 11.3 Å². The normalized spacial score (nSPS) is 12.8. The van der Waals surface area contributed by atoms with Crippen LogP contribution in [0.2, 0.25) is 5.02 Å². The molecule has 0 N–H and O–H groups in total. The van der Waals surface area contributed by atoms with Crippen LogP contribution in [0.25, 0.3) is 0 Å². The van der Waals surface area contributed by atoms with E-state index in [9.17, 15) is 18.4 Å². The standard InChI is InChI=1S/C13H7ClF3N3/c14-10-5-8(13(15,16)17)7-20-12(10)9(6-18)11-3-1-2-4-19-11/h1-5,7,9H/t9-/m0/s1. The third kappa shape index (κ3) is 2.89. The van der Waals surface area contributed by atoms with Gasteiger partial charge in [-0.3, -0.25) is 9.97 Å². The molecule has 20 heavy (non-hydrogen) atoms. The molecule has 0 radical (unpaired) electrons. The van der Waals surface area contributed by atoms with Crippen molar-refractivity contribution in [3.05, 3.63) is 58.6 Å². The molecule has 3 nitrogen and oxygen atoms in total. The lowest BCUT2D eigenvalue weighted by molar-refractivity contribution is -0.137. The van der Waals surface area contributed by atoms with Crippen molar-refractivity contribution in [2.75, 3.05) is 0 Å². The van der Waals surface area contributed by atoms with Crippen molar-refractivity contribution in [1.82, 2.24) is 9.97 Å². The van der Waals surface area contributed by atoms with Crippen LogP contribution in [0.5, 0.6) is 0 Å². The van der Waals surface area contributed by atoms with Gasteiger partial charge in [0.1, 0.15) is 5.92 Å². The number of pyridine rings is 2. The quantitative estimate of drug-likeness (QED) is 0.847. The van der Waals surface area contributed by atoms with Gasteiger partial charge in [-0.2, -0.15) is 18.4 Å². The summed E-state index contributed by atoms with van der Waals surface area (Å²) < 4.78 is 37.6. The molecule has 0 spiro atoms. The van der Waals surface area contributed by atoms with E-state index in [1.165, 1.54) is 6.20 Å². The molecule has 2 aromatic rings. The summed E-state index contributed by atoms with van der Waals surface area (Å²) in [6.07, 6.45) is -2.38. The maximum absolute atomic E-state index is 12.5. The minimum atomic E-state index is -4.53. The van der Waals surface area contributed by atoms with Gasteiger partial charge >= 0.3 is 6.18 Å². The Hall–Kier alpha value is -2.13. The summed E-state index contributed by atoms with van der Waals surface area (Å²) in [6.45, 7) is 0. The Labute approximate surface area is 117 Å². The maximum Gasteiger partial charge on any atom is 0.417 e. The molecule has 0 aliphatic rings. The molecule has 0 bridgehead atoms. The first-order valence-corrected chi connectivity index (χ1v) is 5.84. The van der Waals surface area contributed by atoms with Gasteiger partial charge in [0.2, 0.25) is 0 Å². The smallest absolute Gasteiger partial charge is 0.259 e. The molecule has 0 unspecified atom stereocenters. The highest BCUT2D eigenvalue weighted by Crippen LogP contribution is 2.33. The van der Waals surface area contributed by atoms with Crippen LogP contribution in [-0.4, -0.2) is 9.97 Å². The minimum absolute atomic E-state index is 0.0564. The van der Waals surface area contributed by atoms with E-state index in [4.69, 9.17) is 11.6 Å². The van der Waals surface area contributed by atoms with Gasteiger partial charge in [-0.25, -0.2) is 0 Å². The van der Waals surface area contributed by atoms with Gasteiger partial charge in [-0.1, -0.05) is 17.7 Å². The van der Waals surface area contributed by atoms with E-state index >= 15 is 0 Å². The van der Waals surface area contributed by atoms with Crippen LogP contribution < -0.4 is 0 Å². The molecular formula is C13H7ClF3N3. The molecule has 102 valence electrons. The Balaban J connectivity index is 2.45. The fraction of sp³-hybridized carbons (Fsp3) is 0.154. The zero-order chi connectivity index (χ0) is 14.8. The van der Waals surface area contributed by atoms with Crippen molar-refractivity contribution >= 4 is 11.6 Å². The van der Waals surface area contributed by atoms with Gasteiger partial charge in [0.15, 0.2) is 0 Å². The lowest BCUT2D eigenvalue weighted by atomic mass is 10.0. The second-order valence-corrected chi connectivity index (χ2v) is 4.31. The van der Waals surface area contributed by atoms with Crippen LogP contribution in [0.1, 0.15) is 22.9 Å². The van der Waals surface area contributed by atoms with E-state index in [0.717, 1.165) is 6.07 Å². The predicted octanol–water partition coefficient (Wildman–Crippen LogP) is 3.80. The minimum Gasteiger partial charge on any atom is -0.259 e. The summed E-state index contributed by atoms with van der Waals surface area (Å²) in [5.41, 5.74) is -0.519. The van der Waals surface area contributed by atoms with Crippen molar-refractivity contribution in [3.8, 4) is 6.07 Å². The predicted molar refractivity (Wildman–Crippen MR) is 65.9 cm³/mol. The summed E-state index contributed by atoms with van der Waals surface area (Å²) >= 11 is 5.82. The van der Waals surface area contributed by atoms with Gasteiger partial charge in [0.05, 0.1) is 28.0 Å². The highest BCUT2D eigenvalue weighted by atomic mass is 35.5. The first-order chi connectivity index (χ1) is 9.43. The summed E-state index contributed by atoms with van der Waals surface area (Å²) in [4.78, 5) is 7.67. The number of nitriles is 1. The second kappa shape index (κ2) is 5.47. The lowest BCUT2D eigenvalue weighted by Crippen LogP contribution is -2.09. The van der Waals surface area contributed by atoms with Crippen LogP contribution in [0.3, 0.4) is 0 Å². The number of halogens is 4. The second-order valence-electron chi connectivity index (χ2n) is 3.91. The largest absolute Gasteiger partial charge is 0.417 e. The Morgan fingerprint density at radius 3 is 2.50 bits per heavy atom. The first-order valence-electron chi connectivity index (χ1n) is 5.46. The molecule has 0 aliphatic carbocycles. The van der Waals surface area contributed by atoms with E-state index in [2.05, 4.69) is 9.97 Å². The molecule has 7 heteroatoms. The molecule has 2 heterocycles. The highest BCUT2D eigenvalue weighted by molar-refractivity contribution is 6.31. The van der Waals surface area contributed by atoms with Crippen LogP contribution in [-0.2, 0) is 6.18 Å². The molecule has 0 saturated carbocycles. The van der Waals surface area contributed by atoms with Crippen molar-refractivity contribution in [2.24, 2.45) is 0 Å². The van der Waals surface area contributed by atoms with Crippen molar-refractivity contribution in [1.29, 1.82) is 5.26 Å². The molecule has 0 amide bonds.